The van der Waals surface area contributed by atoms with Crippen LogP contribution < -0.4 is 5.32 Å². The number of nitrogens with one attached hydrogen (secondary N) is 1. The van der Waals surface area contributed by atoms with Gasteiger partial charge in [0.05, 0.1) is 0 Å². The maximum atomic E-state index is 10.5. The summed E-state index contributed by atoms with van der Waals surface area (Å²) in [5, 5.41) is 2.77. The lowest BCUT2D eigenvalue weighted by molar-refractivity contribution is -0.460. The summed E-state index contributed by atoms with van der Waals surface area (Å²) in [4.78, 5) is 10.5. The van der Waals surface area contributed by atoms with Gasteiger partial charge in [-0.2, -0.15) is 0 Å². The molecule has 0 aliphatic rings. The zero-order valence-electron chi connectivity index (χ0n) is 8.26. The van der Waals surface area contributed by atoms with Crippen molar-refractivity contribution >= 4 is 12.1 Å². The zero-order valence-corrected chi connectivity index (χ0v) is 8.26. The number of carbonyl (C=O) groups excluding carboxylic acids is 1. The van der Waals surface area contributed by atoms with Crippen LogP contribution in [-0.2, 0) is 4.79 Å². The van der Waals surface area contributed by atoms with Crippen LogP contribution in [0, 0.1) is 0 Å². The molecule has 0 heterocycles. The quantitative estimate of drug-likeness (QED) is 0.214. The smallest absolute Gasteiger partial charge is 0.216 e. The van der Waals surface area contributed by atoms with E-state index in [1.807, 2.05) is 14.1 Å². The monoisotopic (exact) mass is 173 g/mol. The van der Waals surface area contributed by atoms with E-state index in [0.717, 1.165) is 25.8 Å². The summed E-state index contributed by atoms with van der Waals surface area (Å²) in [5.74, 6) is 0.0617. The van der Waals surface area contributed by atoms with Gasteiger partial charge < -0.3 is 5.32 Å². The summed E-state index contributed by atoms with van der Waals surface area (Å²) >= 11 is 0. The van der Waals surface area contributed by atoms with Crippen LogP contribution in [0.15, 0.2) is 0 Å². The summed E-state index contributed by atoms with van der Waals surface area (Å²) < 4.78 is 2.05. The van der Waals surface area contributed by atoms with Gasteiger partial charge in [-0.05, 0) is 12.8 Å². The fraction of sp³-hybridized carbons (Fsp3) is 0.778. The third-order valence-electron chi connectivity index (χ3n) is 1.50. The average molecular weight is 173 g/mol. The van der Waals surface area contributed by atoms with Gasteiger partial charge in [0.1, 0.15) is 20.3 Å². The molecule has 0 aromatic carbocycles. The molecule has 0 saturated carbocycles. The third kappa shape index (κ3) is 9.14. The van der Waals surface area contributed by atoms with Crippen molar-refractivity contribution in [2.45, 2.75) is 26.2 Å². The molecule has 0 aromatic rings. The molecule has 0 bridgehead atoms. The zero-order chi connectivity index (χ0) is 9.40. The molecular weight excluding hydrogens is 154 g/mol. The molecule has 0 aromatic heterocycles. The minimum atomic E-state index is 0.0617. The molecule has 3 heteroatoms. The van der Waals surface area contributed by atoms with E-state index in [-0.39, 0.29) is 5.91 Å². The first-order valence-electron chi connectivity index (χ1n) is 4.37. The maximum absolute atomic E-state index is 10.5. The number of hydrogen-bond acceptors (Lipinski definition) is 1. The molecule has 0 spiro atoms. The fourth-order valence-corrected chi connectivity index (χ4v) is 0.883. The molecule has 1 amide bonds. The number of unbranched alkanes of at least 4 members (excludes halogenated alkanes) is 2. The van der Waals surface area contributed by atoms with E-state index in [4.69, 9.17) is 0 Å². The Balaban J connectivity index is 3.11. The van der Waals surface area contributed by atoms with Crippen molar-refractivity contribution in [3.8, 4) is 0 Å². The van der Waals surface area contributed by atoms with Crippen LogP contribution in [0.1, 0.15) is 26.2 Å². The van der Waals surface area contributed by atoms with Gasteiger partial charge in [0.15, 0.2) is 0 Å². The molecule has 0 unspecified atom stereocenters. The lowest BCUT2D eigenvalue weighted by Gasteiger charge is -1.98. The molecule has 3 nitrogen and oxygen atoms in total. The molecule has 0 radical (unpaired) electrons. The van der Waals surface area contributed by atoms with Crippen molar-refractivity contribution in [3.63, 3.8) is 0 Å². The molecule has 0 aliphatic heterocycles. The Morgan fingerprint density at radius 2 is 2.08 bits per heavy atom. The molecule has 0 aliphatic carbocycles. The first kappa shape index (κ1) is 11.1. The van der Waals surface area contributed by atoms with Gasteiger partial charge >= 0.3 is 0 Å². The predicted octanol–water partition coefficient (Wildman–Crippen LogP) is 0.636. The Labute approximate surface area is 74.5 Å². The predicted molar refractivity (Wildman–Crippen MR) is 50.7 cm³/mol. The highest BCUT2D eigenvalue weighted by Crippen LogP contribution is 1.90. The minimum Gasteiger partial charge on any atom is -0.356 e. The molecule has 70 valence electrons. The average Bonchev–Trinajstić information content (AvgIpc) is 1.95. The van der Waals surface area contributed by atoms with E-state index in [1.54, 1.807) is 6.92 Å². The Morgan fingerprint density at radius 1 is 1.42 bits per heavy atom. The highest BCUT2D eigenvalue weighted by molar-refractivity contribution is 5.72. The molecule has 0 fully saturated rings. The Hall–Kier alpha value is -0.860. The van der Waals surface area contributed by atoms with Gasteiger partial charge in [-0.25, -0.2) is 4.58 Å². The van der Waals surface area contributed by atoms with E-state index in [0.29, 0.717) is 0 Å². The van der Waals surface area contributed by atoms with Crippen molar-refractivity contribution < 1.29 is 9.37 Å². The lowest BCUT2D eigenvalue weighted by Crippen LogP contribution is -2.20. The van der Waals surface area contributed by atoms with Crippen LogP contribution in [0.5, 0.6) is 0 Å². The van der Waals surface area contributed by atoms with Gasteiger partial charge in [0.25, 0.3) is 0 Å². The van der Waals surface area contributed by atoms with E-state index >= 15 is 0 Å². The first-order chi connectivity index (χ1) is 5.63. The second-order valence-electron chi connectivity index (χ2n) is 3.12. The van der Waals surface area contributed by atoms with Crippen LogP contribution in [0.3, 0.4) is 0 Å². The third-order valence-corrected chi connectivity index (χ3v) is 1.50. The summed E-state index contributed by atoms with van der Waals surface area (Å²) in [7, 11) is 4.04. The van der Waals surface area contributed by atoms with Crippen LogP contribution in [0.4, 0.5) is 0 Å². The van der Waals surface area contributed by atoms with E-state index in [2.05, 4.69) is 16.1 Å². The second kappa shape index (κ2) is 6.83. The molecule has 0 saturated heterocycles. The van der Waals surface area contributed by atoms with Crippen LogP contribution >= 0.6 is 0 Å². The number of hydrogen-bond donors (Lipinski definition) is 1. The van der Waals surface area contributed by atoms with Crippen molar-refractivity contribution in [1.82, 2.24) is 5.32 Å². The van der Waals surface area contributed by atoms with Crippen molar-refractivity contribution in [2.75, 3.05) is 20.6 Å². The normalized spacial score (nSPS) is 9.25. The van der Waals surface area contributed by atoms with Crippen molar-refractivity contribution in [3.05, 3.63) is 0 Å². The van der Waals surface area contributed by atoms with Crippen molar-refractivity contribution in [2.24, 2.45) is 0 Å². The van der Waals surface area contributed by atoms with Gasteiger partial charge in [-0.15, -0.1) is 0 Å². The van der Waals surface area contributed by atoms with Crippen LogP contribution in [-0.4, -0.2) is 37.3 Å². The highest BCUT2D eigenvalue weighted by atomic mass is 16.2. The number of rotatable bonds is 5. The van der Waals surface area contributed by atoms with Gasteiger partial charge in [-0.1, -0.05) is 0 Å². The largest absolute Gasteiger partial charge is 0.356 e. The van der Waals surface area contributed by atoms with E-state index in [9.17, 15) is 4.79 Å². The summed E-state index contributed by atoms with van der Waals surface area (Å²) in [6.07, 6.45) is 5.43. The Bertz CT molecular complexity index is 160. The molecule has 12 heavy (non-hydrogen) atoms. The number of amides is 1. The lowest BCUT2D eigenvalue weighted by atomic mass is 10.2. The Kier molecular flexibility index (Phi) is 6.34. The second-order valence-corrected chi connectivity index (χ2v) is 3.12. The number of nitrogens with zero attached hydrogens (tertiary/aromatic N) is 1. The fourth-order valence-electron chi connectivity index (χ4n) is 0.883. The topological polar surface area (TPSA) is 32.1 Å². The summed E-state index contributed by atoms with van der Waals surface area (Å²) in [6.45, 7) is 2.35. The molecule has 0 rings (SSSR count). The van der Waals surface area contributed by atoms with E-state index < -0.39 is 0 Å². The van der Waals surface area contributed by atoms with Crippen molar-refractivity contribution in [1.29, 1.82) is 0 Å². The van der Waals surface area contributed by atoms with Gasteiger partial charge in [0.2, 0.25) is 5.91 Å². The summed E-state index contributed by atoms with van der Waals surface area (Å²) in [5.41, 5.74) is 0. The standard InChI is InChI=1S/C9H18N2O/c1-9(12)10-7-5-4-6-8-11(2)3/h8H,4-7H2,1-3H3/p+1/i1+1,10+1. The summed E-state index contributed by atoms with van der Waals surface area (Å²) in [6, 6.07) is 0. The molecular formula is C9H19N2O+. The maximum Gasteiger partial charge on any atom is 0.216 e. The van der Waals surface area contributed by atoms with Gasteiger partial charge in [-0.3, -0.25) is 4.79 Å². The van der Waals surface area contributed by atoms with E-state index in [1.165, 1.54) is 0 Å². The van der Waals surface area contributed by atoms with Gasteiger partial charge in [0, 0.05) is 19.9 Å². The molecule has 1 N–H and O–H groups in total. The Morgan fingerprint density at radius 3 is 2.58 bits per heavy atom. The minimum absolute atomic E-state index is 0.0617. The SMILES string of the molecule is C[N+](C)=CCCCC[15NH]C([13CH3])=O. The highest BCUT2D eigenvalue weighted by Gasteiger charge is 1.91. The number of carbonyl (C=O) groups is 1. The van der Waals surface area contributed by atoms with Crippen LogP contribution in [0.2, 0.25) is 0 Å². The molecule has 0 atom stereocenters. The first-order valence-corrected chi connectivity index (χ1v) is 4.37. The van der Waals surface area contributed by atoms with Crippen LogP contribution in [0.25, 0.3) is 0 Å².